The van der Waals surface area contributed by atoms with Crippen LogP contribution in [-0.4, -0.2) is 25.2 Å². The maximum Gasteiger partial charge on any atom is 0.183 e. The minimum atomic E-state index is 0.518. The Morgan fingerprint density at radius 1 is 1.50 bits per heavy atom. The zero-order valence-electron chi connectivity index (χ0n) is 9.26. The van der Waals surface area contributed by atoms with Crippen LogP contribution in [0.4, 0.5) is 5.13 Å². The van der Waals surface area contributed by atoms with Gasteiger partial charge in [0.05, 0.1) is 12.3 Å². The van der Waals surface area contributed by atoms with Crippen molar-refractivity contribution in [2.45, 2.75) is 20.8 Å². The van der Waals surface area contributed by atoms with Crippen LogP contribution in [0.2, 0.25) is 0 Å². The van der Waals surface area contributed by atoms with E-state index in [0.29, 0.717) is 5.92 Å². The maximum atomic E-state index is 5.06. The number of nitrogens with one attached hydrogen (secondary N) is 1. The Bertz CT molecular complexity index is 266. The van der Waals surface area contributed by atoms with Gasteiger partial charge in [0.1, 0.15) is 0 Å². The number of hydrogen-bond acceptors (Lipinski definition) is 4. The minimum Gasteiger partial charge on any atom is -0.384 e. The first-order valence-electron chi connectivity index (χ1n) is 4.80. The van der Waals surface area contributed by atoms with E-state index in [4.69, 9.17) is 4.74 Å². The lowest BCUT2D eigenvalue weighted by Crippen LogP contribution is -2.15. The van der Waals surface area contributed by atoms with E-state index in [0.717, 1.165) is 24.0 Å². The van der Waals surface area contributed by atoms with Crippen molar-refractivity contribution >= 4 is 16.5 Å². The second-order valence-electron chi connectivity index (χ2n) is 3.60. The summed E-state index contributed by atoms with van der Waals surface area (Å²) in [5, 5.41) is 4.33. The first-order chi connectivity index (χ1) is 6.63. The van der Waals surface area contributed by atoms with E-state index in [2.05, 4.69) is 24.1 Å². The maximum absolute atomic E-state index is 5.06. The first kappa shape index (κ1) is 11.5. The molecular formula is C10H18N2OS. The molecule has 14 heavy (non-hydrogen) atoms. The highest BCUT2D eigenvalue weighted by Gasteiger charge is 2.05. The molecule has 0 radical (unpaired) electrons. The lowest BCUT2D eigenvalue weighted by Gasteiger charge is -2.09. The molecule has 1 unspecified atom stereocenters. The van der Waals surface area contributed by atoms with Gasteiger partial charge < -0.3 is 10.1 Å². The molecule has 0 fully saturated rings. The van der Waals surface area contributed by atoms with Gasteiger partial charge in [-0.1, -0.05) is 6.92 Å². The fourth-order valence-electron chi connectivity index (χ4n) is 1.15. The van der Waals surface area contributed by atoms with Crippen molar-refractivity contribution in [1.82, 2.24) is 4.98 Å². The van der Waals surface area contributed by atoms with Gasteiger partial charge in [0, 0.05) is 18.5 Å². The number of nitrogens with zero attached hydrogens (tertiary/aromatic N) is 1. The van der Waals surface area contributed by atoms with Crippen LogP contribution in [0.25, 0.3) is 0 Å². The summed E-state index contributed by atoms with van der Waals surface area (Å²) in [5.41, 5.74) is 1.12. The van der Waals surface area contributed by atoms with Gasteiger partial charge in [-0.3, -0.25) is 0 Å². The van der Waals surface area contributed by atoms with Crippen LogP contribution < -0.4 is 5.32 Å². The Balaban J connectivity index is 2.38. The van der Waals surface area contributed by atoms with Crippen molar-refractivity contribution < 1.29 is 4.74 Å². The molecule has 0 amide bonds. The number of ether oxygens (including phenoxy) is 1. The van der Waals surface area contributed by atoms with Gasteiger partial charge in [0.15, 0.2) is 5.13 Å². The molecule has 80 valence electrons. The van der Waals surface area contributed by atoms with Gasteiger partial charge in [0.2, 0.25) is 0 Å². The zero-order chi connectivity index (χ0) is 10.6. The molecule has 1 rings (SSSR count). The normalized spacial score (nSPS) is 12.9. The number of thiazole rings is 1. The van der Waals surface area contributed by atoms with Crippen LogP contribution >= 0.6 is 11.3 Å². The van der Waals surface area contributed by atoms with Crippen LogP contribution in [0.15, 0.2) is 0 Å². The number of anilines is 1. The van der Waals surface area contributed by atoms with E-state index < -0.39 is 0 Å². The Morgan fingerprint density at radius 3 is 2.71 bits per heavy atom. The molecule has 1 atom stereocenters. The molecule has 3 nitrogen and oxygen atoms in total. The molecule has 0 saturated heterocycles. The highest BCUT2D eigenvalue weighted by atomic mass is 32.1. The summed E-state index contributed by atoms with van der Waals surface area (Å²) in [6, 6.07) is 0. The van der Waals surface area contributed by atoms with Gasteiger partial charge in [-0.25, -0.2) is 4.98 Å². The van der Waals surface area contributed by atoms with Gasteiger partial charge in [0.25, 0.3) is 0 Å². The molecule has 1 aromatic rings. The lowest BCUT2D eigenvalue weighted by molar-refractivity contribution is 0.164. The highest BCUT2D eigenvalue weighted by Crippen LogP contribution is 2.21. The van der Waals surface area contributed by atoms with E-state index in [1.165, 1.54) is 4.88 Å². The van der Waals surface area contributed by atoms with Gasteiger partial charge in [-0.15, -0.1) is 11.3 Å². The topological polar surface area (TPSA) is 34.1 Å². The van der Waals surface area contributed by atoms with Crippen molar-refractivity contribution in [2.24, 2.45) is 5.92 Å². The van der Waals surface area contributed by atoms with E-state index in [1.54, 1.807) is 18.4 Å². The monoisotopic (exact) mass is 214 g/mol. The lowest BCUT2D eigenvalue weighted by atomic mass is 10.2. The van der Waals surface area contributed by atoms with E-state index >= 15 is 0 Å². The molecule has 0 spiro atoms. The Kier molecular flexibility index (Phi) is 4.35. The van der Waals surface area contributed by atoms with Crippen molar-refractivity contribution in [3.63, 3.8) is 0 Å². The fourth-order valence-corrected chi connectivity index (χ4v) is 1.97. The second kappa shape index (κ2) is 5.32. The smallest absolute Gasteiger partial charge is 0.183 e. The van der Waals surface area contributed by atoms with Crippen LogP contribution in [0.5, 0.6) is 0 Å². The molecule has 1 aromatic heterocycles. The van der Waals surface area contributed by atoms with Crippen molar-refractivity contribution in [3.8, 4) is 0 Å². The van der Waals surface area contributed by atoms with Crippen molar-refractivity contribution in [2.75, 3.05) is 25.6 Å². The molecule has 0 aliphatic heterocycles. The Hall–Kier alpha value is -0.610. The molecule has 1 N–H and O–H groups in total. The number of hydrogen-bond donors (Lipinski definition) is 1. The summed E-state index contributed by atoms with van der Waals surface area (Å²) in [7, 11) is 1.73. The van der Waals surface area contributed by atoms with Gasteiger partial charge in [-0.05, 0) is 19.8 Å². The van der Waals surface area contributed by atoms with E-state index in [-0.39, 0.29) is 0 Å². The molecule has 0 aliphatic carbocycles. The molecule has 0 bridgehead atoms. The molecule has 0 saturated carbocycles. The van der Waals surface area contributed by atoms with E-state index in [1.807, 2.05) is 6.92 Å². The second-order valence-corrected chi connectivity index (χ2v) is 4.81. The summed E-state index contributed by atoms with van der Waals surface area (Å²) in [6.45, 7) is 7.99. The zero-order valence-corrected chi connectivity index (χ0v) is 10.1. The van der Waals surface area contributed by atoms with E-state index in [9.17, 15) is 0 Å². The standard InChI is InChI=1S/C10H18N2OS/c1-7(6-13-4)5-11-10-12-8(2)9(3)14-10/h7H,5-6H2,1-4H3,(H,11,12). The summed E-state index contributed by atoms with van der Waals surface area (Å²) in [4.78, 5) is 5.69. The van der Waals surface area contributed by atoms with Crippen molar-refractivity contribution in [1.29, 1.82) is 0 Å². The third-order valence-electron chi connectivity index (χ3n) is 2.08. The van der Waals surface area contributed by atoms with Gasteiger partial charge in [-0.2, -0.15) is 0 Å². The minimum absolute atomic E-state index is 0.518. The summed E-state index contributed by atoms with van der Waals surface area (Å²) >= 11 is 1.71. The predicted octanol–water partition coefficient (Wildman–Crippen LogP) is 2.45. The summed E-state index contributed by atoms with van der Waals surface area (Å²) in [6.07, 6.45) is 0. The van der Waals surface area contributed by atoms with Crippen LogP contribution in [-0.2, 0) is 4.74 Å². The van der Waals surface area contributed by atoms with Crippen LogP contribution in [0, 0.1) is 19.8 Å². The van der Waals surface area contributed by atoms with Crippen LogP contribution in [0.1, 0.15) is 17.5 Å². The highest BCUT2D eigenvalue weighted by molar-refractivity contribution is 7.15. The molecule has 4 heteroatoms. The number of rotatable bonds is 5. The summed E-state index contributed by atoms with van der Waals surface area (Å²) in [5.74, 6) is 0.518. The third kappa shape index (κ3) is 3.27. The van der Waals surface area contributed by atoms with Crippen LogP contribution in [0.3, 0.4) is 0 Å². The molecule has 1 heterocycles. The average Bonchev–Trinajstić information content (AvgIpc) is 2.44. The number of aryl methyl sites for hydroxylation is 2. The fraction of sp³-hybridized carbons (Fsp3) is 0.700. The molecular weight excluding hydrogens is 196 g/mol. The Labute approximate surface area is 89.5 Å². The Morgan fingerprint density at radius 2 is 2.21 bits per heavy atom. The quantitative estimate of drug-likeness (QED) is 0.817. The third-order valence-corrected chi connectivity index (χ3v) is 3.11. The first-order valence-corrected chi connectivity index (χ1v) is 5.62. The SMILES string of the molecule is COCC(C)CNc1nc(C)c(C)s1. The largest absolute Gasteiger partial charge is 0.384 e. The number of aromatic nitrogens is 1. The van der Waals surface area contributed by atoms with Crippen molar-refractivity contribution in [3.05, 3.63) is 10.6 Å². The average molecular weight is 214 g/mol. The summed E-state index contributed by atoms with van der Waals surface area (Å²) < 4.78 is 5.06. The van der Waals surface area contributed by atoms with Gasteiger partial charge >= 0.3 is 0 Å². The molecule has 0 aliphatic rings. The molecule has 0 aromatic carbocycles. The number of methoxy groups -OCH3 is 1. The predicted molar refractivity (Wildman–Crippen MR) is 61.1 cm³/mol.